The fourth-order valence-corrected chi connectivity index (χ4v) is 3.25. The third-order valence-electron chi connectivity index (χ3n) is 3.97. The van der Waals surface area contributed by atoms with E-state index in [1.165, 1.54) is 12.1 Å². The zero-order valence-electron chi connectivity index (χ0n) is 16.3. The summed E-state index contributed by atoms with van der Waals surface area (Å²) < 4.78 is 30.2. The number of carbonyl (C=O) groups excluding carboxylic acids is 2. The summed E-state index contributed by atoms with van der Waals surface area (Å²) in [6.07, 6.45) is 0.983. The van der Waals surface area contributed by atoms with E-state index in [0.717, 1.165) is 17.4 Å². The van der Waals surface area contributed by atoms with Crippen LogP contribution in [0.5, 0.6) is 0 Å². The molecule has 28 heavy (non-hydrogen) atoms. The summed E-state index contributed by atoms with van der Waals surface area (Å²) in [5.41, 5.74) is 2.73. The zero-order chi connectivity index (χ0) is 20.9. The lowest BCUT2D eigenvalue weighted by molar-refractivity contribution is -0.119. The van der Waals surface area contributed by atoms with Gasteiger partial charge in [-0.15, -0.1) is 0 Å². The van der Waals surface area contributed by atoms with Crippen LogP contribution in [-0.4, -0.2) is 33.2 Å². The average molecular weight is 404 g/mol. The van der Waals surface area contributed by atoms with Gasteiger partial charge in [0.15, 0.2) is 6.61 Å². The van der Waals surface area contributed by atoms with Gasteiger partial charge in [0.1, 0.15) is 0 Å². The lowest BCUT2D eigenvalue weighted by Gasteiger charge is -2.16. The Balaban J connectivity index is 2.08. The van der Waals surface area contributed by atoms with Crippen molar-refractivity contribution < 1.29 is 22.7 Å². The number of anilines is 2. The first kappa shape index (κ1) is 21.4. The quantitative estimate of drug-likeness (QED) is 0.690. The molecule has 0 heterocycles. The molecule has 0 saturated carbocycles. The number of amides is 1. The number of benzene rings is 2. The summed E-state index contributed by atoms with van der Waals surface area (Å²) in [6.45, 7) is 5.45. The molecular weight excluding hydrogens is 380 g/mol. The van der Waals surface area contributed by atoms with E-state index in [9.17, 15) is 18.0 Å². The minimum absolute atomic E-state index is 0.0273. The Morgan fingerprint density at radius 2 is 1.75 bits per heavy atom. The van der Waals surface area contributed by atoms with Crippen molar-refractivity contribution >= 4 is 33.3 Å². The molecule has 2 rings (SSSR count). The number of hydrogen-bond acceptors (Lipinski definition) is 5. The number of ether oxygens (including phenoxy) is 1. The number of aryl methyl sites for hydroxylation is 1. The smallest absolute Gasteiger partial charge is 0.340 e. The molecular formula is C20H24N2O5S. The van der Waals surface area contributed by atoms with Crippen LogP contribution < -0.4 is 10.0 Å². The summed E-state index contributed by atoms with van der Waals surface area (Å²) in [4.78, 5) is 24.6. The van der Waals surface area contributed by atoms with E-state index in [1.54, 1.807) is 12.1 Å². The second-order valence-corrected chi connectivity index (χ2v) is 8.49. The van der Waals surface area contributed by atoms with Crippen LogP contribution in [0.15, 0.2) is 42.5 Å². The lowest BCUT2D eigenvalue weighted by atomic mass is 9.98. The molecule has 1 amide bonds. The van der Waals surface area contributed by atoms with Crippen LogP contribution in [0, 0.1) is 6.92 Å². The van der Waals surface area contributed by atoms with E-state index in [1.807, 2.05) is 39.0 Å². The zero-order valence-corrected chi connectivity index (χ0v) is 17.1. The van der Waals surface area contributed by atoms with Gasteiger partial charge in [-0.3, -0.25) is 9.52 Å². The van der Waals surface area contributed by atoms with Gasteiger partial charge < -0.3 is 10.1 Å². The Labute approximate surface area is 165 Å². The van der Waals surface area contributed by atoms with Crippen molar-refractivity contribution in [2.45, 2.75) is 26.7 Å². The summed E-state index contributed by atoms with van der Waals surface area (Å²) in [6, 6.07) is 11.8. The molecule has 0 spiro atoms. The number of hydrogen-bond donors (Lipinski definition) is 2. The maximum atomic E-state index is 12.3. The summed E-state index contributed by atoms with van der Waals surface area (Å²) in [5.74, 6) is -1.06. The van der Waals surface area contributed by atoms with Crippen molar-refractivity contribution in [2.75, 3.05) is 22.9 Å². The molecule has 0 unspecified atom stereocenters. The Morgan fingerprint density at radius 1 is 1.07 bits per heavy atom. The third-order valence-corrected chi connectivity index (χ3v) is 4.56. The van der Waals surface area contributed by atoms with Gasteiger partial charge in [0.05, 0.1) is 17.5 Å². The van der Waals surface area contributed by atoms with E-state index in [2.05, 4.69) is 10.0 Å². The monoisotopic (exact) mass is 404 g/mol. The molecule has 0 aliphatic carbocycles. The van der Waals surface area contributed by atoms with Crippen molar-refractivity contribution in [3.05, 3.63) is 59.2 Å². The number of sulfonamides is 1. The van der Waals surface area contributed by atoms with Crippen molar-refractivity contribution in [3.63, 3.8) is 0 Å². The number of nitrogens with one attached hydrogen (secondary N) is 2. The molecule has 0 atom stereocenters. The SMILES string of the molecule is Cc1cccc(C(C)C)c1NC(=O)COC(=O)c1ccccc1NS(C)(=O)=O. The maximum Gasteiger partial charge on any atom is 0.340 e. The minimum Gasteiger partial charge on any atom is -0.452 e. The van der Waals surface area contributed by atoms with E-state index >= 15 is 0 Å². The molecule has 0 fully saturated rings. The van der Waals surface area contributed by atoms with Crippen molar-refractivity contribution in [2.24, 2.45) is 0 Å². The van der Waals surface area contributed by atoms with Crippen LogP contribution in [0.2, 0.25) is 0 Å². The number of carbonyl (C=O) groups is 2. The van der Waals surface area contributed by atoms with Crippen molar-refractivity contribution in [3.8, 4) is 0 Å². The highest BCUT2D eigenvalue weighted by Crippen LogP contribution is 2.27. The Morgan fingerprint density at radius 3 is 2.39 bits per heavy atom. The highest BCUT2D eigenvalue weighted by Gasteiger charge is 2.17. The largest absolute Gasteiger partial charge is 0.452 e. The Hall–Kier alpha value is -2.87. The van der Waals surface area contributed by atoms with Gasteiger partial charge in [-0.1, -0.05) is 44.2 Å². The molecule has 0 aliphatic heterocycles. The van der Waals surface area contributed by atoms with Gasteiger partial charge >= 0.3 is 5.97 Å². The molecule has 0 bridgehead atoms. The molecule has 2 aromatic rings. The standard InChI is InChI=1S/C20H24N2O5S/c1-13(2)15-10-7-8-14(3)19(15)21-18(23)12-27-20(24)16-9-5-6-11-17(16)22-28(4,25)26/h5-11,13,22H,12H2,1-4H3,(H,21,23). The molecule has 8 heteroatoms. The fraction of sp³-hybridized carbons (Fsp3) is 0.300. The molecule has 2 aromatic carbocycles. The summed E-state index contributed by atoms with van der Waals surface area (Å²) in [7, 11) is -3.56. The van der Waals surface area contributed by atoms with Crippen LogP contribution in [0.25, 0.3) is 0 Å². The third kappa shape index (κ3) is 5.82. The van der Waals surface area contributed by atoms with Crippen LogP contribution in [-0.2, 0) is 19.6 Å². The molecule has 0 aliphatic rings. The van der Waals surface area contributed by atoms with Crippen molar-refractivity contribution in [1.82, 2.24) is 0 Å². The van der Waals surface area contributed by atoms with E-state index in [0.29, 0.717) is 5.69 Å². The van der Waals surface area contributed by atoms with Crippen LogP contribution >= 0.6 is 0 Å². The fourth-order valence-electron chi connectivity index (χ4n) is 2.68. The summed E-state index contributed by atoms with van der Waals surface area (Å²) in [5, 5.41) is 2.79. The molecule has 0 saturated heterocycles. The maximum absolute atomic E-state index is 12.3. The Kier molecular flexibility index (Phi) is 6.80. The van der Waals surface area contributed by atoms with Gasteiger partial charge in [-0.05, 0) is 36.1 Å². The second-order valence-electron chi connectivity index (χ2n) is 6.74. The second kappa shape index (κ2) is 8.88. The first-order valence-corrected chi connectivity index (χ1v) is 10.6. The molecule has 2 N–H and O–H groups in total. The lowest BCUT2D eigenvalue weighted by Crippen LogP contribution is -2.23. The number of para-hydroxylation sites is 2. The average Bonchev–Trinajstić information content (AvgIpc) is 2.60. The normalized spacial score (nSPS) is 11.2. The van der Waals surface area contributed by atoms with E-state index in [-0.39, 0.29) is 17.2 Å². The summed E-state index contributed by atoms with van der Waals surface area (Å²) >= 11 is 0. The Bertz CT molecular complexity index is 984. The minimum atomic E-state index is -3.56. The van der Waals surface area contributed by atoms with Gasteiger partial charge in [-0.2, -0.15) is 0 Å². The van der Waals surface area contributed by atoms with E-state index < -0.39 is 28.5 Å². The van der Waals surface area contributed by atoms with Gasteiger partial charge in [0.2, 0.25) is 10.0 Å². The van der Waals surface area contributed by atoms with E-state index in [4.69, 9.17) is 4.74 Å². The van der Waals surface area contributed by atoms with Gasteiger partial charge in [0, 0.05) is 5.69 Å². The number of esters is 1. The van der Waals surface area contributed by atoms with Gasteiger partial charge in [-0.25, -0.2) is 13.2 Å². The highest BCUT2D eigenvalue weighted by atomic mass is 32.2. The predicted molar refractivity (Wildman–Crippen MR) is 109 cm³/mol. The van der Waals surface area contributed by atoms with Crippen LogP contribution in [0.3, 0.4) is 0 Å². The molecule has 7 nitrogen and oxygen atoms in total. The predicted octanol–water partition coefficient (Wildman–Crippen LogP) is 3.29. The first-order chi connectivity index (χ1) is 13.1. The molecule has 0 radical (unpaired) electrons. The molecule has 150 valence electrons. The topological polar surface area (TPSA) is 102 Å². The highest BCUT2D eigenvalue weighted by molar-refractivity contribution is 7.92. The van der Waals surface area contributed by atoms with Gasteiger partial charge in [0.25, 0.3) is 5.91 Å². The molecule has 0 aromatic heterocycles. The van der Waals surface area contributed by atoms with Crippen LogP contribution in [0.4, 0.5) is 11.4 Å². The first-order valence-electron chi connectivity index (χ1n) is 8.72. The van der Waals surface area contributed by atoms with Crippen molar-refractivity contribution in [1.29, 1.82) is 0 Å². The van der Waals surface area contributed by atoms with Crippen LogP contribution in [0.1, 0.15) is 41.3 Å². The number of rotatable bonds is 7.